The molecular formula is C16H15ClN4O2S. The number of hydrogen-bond donors (Lipinski definition) is 1. The van der Waals surface area contributed by atoms with Crippen molar-refractivity contribution in [2.75, 3.05) is 0 Å². The smallest absolute Gasteiger partial charge is 0.223 e. The Morgan fingerprint density at radius 3 is 2.54 bits per heavy atom. The van der Waals surface area contributed by atoms with Crippen molar-refractivity contribution in [3.63, 3.8) is 0 Å². The van der Waals surface area contributed by atoms with Gasteiger partial charge in [0.2, 0.25) is 10.0 Å². The van der Waals surface area contributed by atoms with E-state index in [0.29, 0.717) is 5.02 Å². The van der Waals surface area contributed by atoms with Gasteiger partial charge >= 0.3 is 0 Å². The summed E-state index contributed by atoms with van der Waals surface area (Å²) in [5, 5.41) is 4.43. The van der Waals surface area contributed by atoms with Crippen LogP contribution in [0.1, 0.15) is 18.5 Å². The maximum Gasteiger partial charge on any atom is 0.241 e. The lowest BCUT2D eigenvalue weighted by molar-refractivity contribution is 0.567. The van der Waals surface area contributed by atoms with E-state index in [9.17, 15) is 8.42 Å². The van der Waals surface area contributed by atoms with Crippen LogP contribution in [0, 0.1) is 0 Å². The standard InChI is InChI=1S/C16H15ClN4O2S/c1-12(20-24(22,23)16-4-2-3-14(17)9-16)13-5-7-15(8-6-13)21-11-18-10-19-21/h2-12,20H,1H3. The molecule has 1 atom stereocenters. The third kappa shape index (κ3) is 3.64. The van der Waals surface area contributed by atoms with Crippen LogP contribution >= 0.6 is 11.6 Å². The van der Waals surface area contributed by atoms with Crippen LogP contribution in [-0.4, -0.2) is 23.2 Å². The van der Waals surface area contributed by atoms with Crippen LogP contribution in [0.15, 0.2) is 66.1 Å². The Morgan fingerprint density at radius 1 is 1.17 bits per heavy atom. The molecule has 1 unspecified atom stereocenters. The highest BCUT2D eigenvalue weighted by molar-refractivity contribution is 7.89. The number of benzene rings is 2. The molecule has 0 saturated heterocycles. The molecule has 0 aliphatic rings. The topological polar surface area (TPSA) is 76.9 Å². The maximum atomic E-state index is 12.4. The number of sulfonamides is 1. The van der Waals surface area contributed by atoms with Gasteiger partial charge in [-0.25, -0.2) is 22.8 Å². The lowest BCUT2D eigenvalue weighted by Crippen LogP contribution is -2.26. The summed E-state index contributed by atoms with van der Waals surface area (Å²) >= 11 is 5.87. The van der Waals surface area contributed by atoms with E-state index in [0.717, 1.165) is 11.3 Å². The molecule has 24 heavy (non-hydrogen) atoms. The summed E-state index contributed by atoms with van der Waals surface area (Å²) in [7, 11) is -3.65. The third-order valence-corrected chi connectivity index (χ3v) is 5.29. The molecule has 0 aliphatic heterocycles. The molecule has 0 spiro atoms. The van der Waals surface area contributed by atoms with Crippen molar-refractivity contribution in [3.8, 4) is 5.69 Å². The number of rotatable bonds is 5. The van der Waals surface area contributed by atoms with E-state index in [1.54, 1.807) is 30.1 Å². The minimum atomic E-state index is -3.65. The van der Waals surface area contributed by atoms with Gasteiger partial charge in [-0.3, -0.25) is 0 Å². The molecule has 2 aromatic carbocycles. The zero-order chi connectivity index (χ0) is 17.2. The minimum absolute atomic E-state index is 0.140. The second-order valence-electron chi connectivity index (χ2n) is 5.23. The molecule has 6 nitrogen and oxygen atoms in total. The van der Waals surface area contributed by atoms with E-state index in [1.807, 2.05) is 24.3 Å². The molecule has 0 radical (unpaired) electrons. The van der Waals surface area contributed by atoms with Crippen molar-refractivity contribution in [1.29, 1.82) is 0 Å². The minimum Gasteiger partial charge on any atom is -0.223 e. The largest absolute Gasteiger partial charge is 0.241 e. The Kier molecular flexibility index (Phi) is 4.66. The molecule has 0 saturated carbocycles. The third-order valence-electron chi connectivity index (χ3n) is 3.51. The van der Waals surface area contributed by atoms with Crippen molar-refractivity contribution < 1.29 is 8.42 Å². The van der Waals surface area contributed by atoms with Gasteiger partial charge in [-0.05, 0) is 42.8 Å². The van der Waals surface area contributed by atoms with E-state index >= 15 is 0 Å². The Hall–Kier alpha value is -2.22. The zero-order valence-corrected chi connectivity index (χ0v) is 14.4. The highest BCUT2D eigenvalue weighted by Gasteiger charge is 2.18. The molecule has 1 heterocycles. The summed E-state index contributed by atoms with van der Waals surface area (Å²) < 4.78 is 29.1. The SMILES string of the molecule is CC(NS(=O)(=O)c1cccc(Cl)c1)c1ccc(-n2cncn2)cc1. The summed E-state index contributed by atoms with van der Waals surface area (Å²) in [6.45, 7) is 1.78. The number of nitrogens with zero attached hydrogens (tertiary/aromatic N) is 3. The highest BCUT2D eigenvalue weighted by atomic mass is 35.5. The fraction of sp³-hybridized carbons (Fsp3) is 0.125. The fourth-order valence-electron chi connectivity index (χ4n) is 2.26. The lowest BCUT2D eigenvalue weighted by atomic mass is 10.1. The first kappa shape index (κ1) is 16.6. The van der Waals surface area contributed by atoms with E-state index in [2.05, 4.69) is 14.8 Å². The predicted molar refractivity (Wildman–Crippen MR) is 91.5 cm³/mol. The van der Waals surface area contributed by atoms with Crippen LogP contribution in [0.4, 0.5) is 0 Å². The van der Waals surface area contributed by atoms with Gasteiger partial charge < -0.3 is 0 Å². The van der Waals surface area contributed by atoms with E-state index in [-0.39, 0.29) is 4.90 Å². The molecule has 0 amide bonds. The van der Waals surface area contributed by atoms with Crippen LogP contribution in [0.2, 0.25) is 5.02 Å². The van der Waals surface area contributed by atoms with Gasteiger partial charge in [-0.15, -0.1) is 0 Å². The second-order valence-corrected chi connectivity index (χ2v) is 7.38. The van der Waals surface area contributed by atoms with Crippen LogP contribution in [0.3, 0.4) is 0 Å². The summed E-state index contributed by atoms with van der Waals surface area (Å²) in [6, 6.07) is 13.2. The zero-order valence-electron chi connectivity index (χ0n) is 12.8. The van der Waals surface area contributed by atoms with E-state index in [4.69, 9.17) is 11.6 Å². The fourth-order valence-corrected chi connectivity index (χ4v) is 3.79. The molecule has 0 fully saturated rings. The van der Waals surface area contributed by atoms with Gasteiger partial charge in [-0.2, -0.15) is 5.10 Å². The Balaban J connectivity index is 1.78. The van der Waals surface area contributed by atoms with Gasteiger partial charge in [0.25, 0.3) is 0 Å². The number of nitrogens with one attached hydrogen (secondary N) is 1. The molecule has 0 bridgehead atoms. The van der Waals surface area contributed by atoms with Gasteiger partial charge in [0.15, 0.2) is 0 Å². The Labute approximate surface area is 145 Å². The van der Waals surface area contributed by atoms with E-state index < -0.39 is 16.1 Å². The van der Waals surface area contributed by atoms with E-state index in [1.165, 1.54) is 18.5 Å². The maximum absolute atomic E-state index is 12.4. The molecular weight excluding hydrogens is 348 g/mol. The summed E-state index contributed by atoms with van der Waals surface area (Å²) in [5.74, 6) is 0. The average Bonchev–Trinajstić information content (AvgIpc) is 3.09. The van der Waals surface area contributed by atoms with Gasteiger partial charge in [0.1, 0.15) is 12.7 Å². The van der Waals surface area contributed by atoms with Crippen LogP contribution in [0.25, 0.3) is 5.69 Å². The average molecular weight is 363 g/mol. The summed E-state index contributed by atoms with van der Waals surface area (Å²) in [6.07, 6.45) is 3.05. The molecule has 124 valence electrons. The van der Waals surface area contributed by atoms with Gasteiger partial charge in [-0.1, -0.05) is 29.8 Å². The second kappa shape index (κ2) is 6.72. The van der Waals surface area contributed by atoms with Crippen molar-refractivity contribution in [2.24, 2.45) is 0 Å². The quantitative estimate of drug-likeness (QED) is 0.757. The Morgan fingerprint density at radius 2 is 1.92 bits per heavy atom. The number of hydrogen-bond acceptors (Lipinski definition) is 4. The summed E-state index contributed by atoms with van der Waals surface area (Å²) in [4.78, 5) is 4.03. The Bertz CT molecular complexity index is 925. The van der Waals surface area contributed by atoms with Gasteiger partial charge in [0.05, 0.1) is 10.6 Å². The lowest BCUT2D eigenvalue weighted by Gasteiger charge is -2.15. The van der Waals surface area contributed by atoms with Crippen LogP contribution < -0.4 is 4.72 Å². The molecule has 0 aliphatic carbocycles. The summed E-state index contributed by atoms with van der Waals surface area (Å²) in [5.41, 5.74) is 1.69. The monoisotopic (exact) mass is 362 g/mol. The number of halogens is 1. The first-order valence-corrected chi connectivity index (χ1v) is 9.05. The van der Waals surface area contributed by atoms with Crippen molar-refractivity contribution >= 4 is 21.6 Å². The van der Waals surface area contributed by atoms with Crippen molar-refractivity contribution in [3.05, 3.63) is 71.8 Å². The van der Waals surface area contributed by atoms with Crippen molar-refractivity contribution in [2.45, 2.75) is 17.9 Å². The molecule has 8 heteroatoms. The van der Waals surface area contributed by atoms with Crippen molar-refractivity contribution in [1.82, 2.24) is 19.5 Å². The molecule has 3 aromatic rings. The molecule has 3 rings (SSSR count). The van der Waals surface area contributed by atoms with Gasteiger partial charge in [0, 0.05) is 11.1 Å². The van der Waals surface area contributed by atoms with Crippen LogP contribution in [0.5, 0.6) is 0 Å². The molecule has 1 N–H and O–H groups in total. The highest BCUT2D eigenvalue weighted by Crippen LogP contribution is 2.20. The van der Waals surface area contributed by atoms with Crippen LogP contribution in [-0.2, 0) is 10.0 Å². The first-order chi connectivity index (χ1) is 11.5. The first-order valence-electron chi connectivity index (χ1n) is 7.18. The number of aromatic nitrogens is 3. The normalized spacial score (nSPS) is 12.9. The predicted octanol–water partition coefficient (Wildman–Crippen LogP) is 2.96. The molecule has 1 aromatic heterocycles.